The molecule has 1 N–H and O–H groups in total. The van der Waals surface area contributed by atoms with E-state index in [1.165, 1.54) is 12.1 Å². The van der Waals surface area contributed by atoms with Gasteiger partial charge < -0.3 is 10.1 Å². The highest BCUT2D eigenvalue weighted by molar-refractivity contribution is 5.50. The number of nitrogens with one attached hydrogen (secondary N) is 1. The lowest BCUT2D eigenvalue weighted by molar-refractivity contribution is -0.384. The molecule has 0 bridgehead atoms. The average molecular weight is 262 g/mol. The zero-order valence-corrected chi connectivity index (χ0v) is 11.1. The fourth-order valence-electron chi connectivity index (χ4n) is 3.48. The summed E-state index contributed by atoms with van der Waals surface area (Å²) in [4.78, 5) is 10.2. The van der Waals surface area contributed by atoms with E-state index in [1.54, 1.807) is 12.1 Å². The number of hydrogen-bond acceptors (Lipinski definition) is 4. The Bertz CT molecular complexity index is 498. The van der Waals surface area contributed by atoms with Gasteiger partial charge in [0.05, 0.1) is 11.0 Å². The van der Waals surface area contributed by atoms with Crippen LogP contribution >= 0.6 is 0 Å². The van der Waals surface area contributed by atoms with Gasteiger partial charge in [0.2, 0.25) is 0 Å². The zero-order valence-electron chi connectivity index (χ0n) is 11.1. The molecule has 0 amide bonds. The predicted octanol–water partition coefficient (Wildman–Crippen LogP) is 2.82. The fraction of sp³-hybridized carbons (Fsp3) is 0.571. The van der Waals surface area contributed by atoms with E-state index >= 15 is 0 Å². The first-order chi connectivity index (χ1) is 9.00. The van der Waals surface area contributed by atoms with Crippen LogP contribution in [0.15, 0.2) is 24.3 Å². The number of nitrogens with zero attached hydrogens (tertiary/aromatic N) is 1. The summed E-state index contributed by atoms with van der Waals surface area (Å²) < 4.78 is 5.76. The number of benzene rings is 1. The van der Waals surface area contributed by atoms with Crippen LogP contribution in [0.1, 0.15) is 20.3 Å². The second kappa shape index (κ2) is 4.20. The Morgan fingerprint density at radius 2 is 2.05 bits per heavy atom. The number of nitro benzene ring substituents is 1. The monoisotopic (exact) mass is 262 g/mol. The van der Waals surface area contributed by atoms with Gasteiger partial charge in [-0.15, -0.1) is 0 Å². The molecule has 2 fully saturated rings. The van der Waals surface area contributed by atoms with Gasteiger partial charge in [0.15, 0.2) is 0 Å². The first-order valence-corrected chi connectivity index (χ1v) is 6.63. The van der Waals surface area contributed by atoms with Gasteiger partial charge in [-0.2, -0.15) is 0 Å². The number of rotatable bonds is 3. The summed E-state index contributed by atoms with van der Waals surface area (Å²) in [6, 6.07) is 7.00. The van der Waals surface area contributed by atoms with Crippen molar-refractivity contribution in [1.29, 1.82) is 0 Å². The molecule has 0 aromatic heterocycles. The Labute approximate surface area is 112 Å². The highest BCUT2D eigenvalue weighted by Gasteiger charge is 2.59. The molecule has 0 radical (unpaired) electrons. The van der Waals surface area contributed by atoms with E-state index in [9.17, 15) is 10.1 Å². The van der Waals surface area contributed by atoms with Gasteiger partial charge in [-0.3, -0.25) is 10.1 Å². The summed E-state index contributed by atoms with van der Waals surface area (Å²) in [5.74, 6) is 0.560. The maximum absolute atomic E-state index is 10.6. The van der Waals surface area contributed by atoms with Gasteiger partial charge in [-0.05, 0) is 18.6 Å². The van der Waals surface area contributed by atoms with Crippen molar-refractivity contribution in [2.45, 2.75) is 32.4 Å². The van der Waals surface area contributed by atoms with E-state index in [0.29, 0.717) is 18.1 Å². The van der Waals surface area contributed by atoms with Crippen molar-refractivity contribution in [1.82, 2.24) is 0 Å². The summed E-state index contributed by atoms with van der Waals surface area (Å²) in [6.07, 6.45) is 1.45. The Kier molecular flexibility index (Phi) is 2.74. The third-order valence-corrected chi connectivity index (χ3v) is 4.50. The first-order valence-electron chi connectivity index (χ1n) is 6.63. The number of anilines is 1. The van der Waals surface area contributed by atoms with Crippen LogP contribution in [-0.2, 0) is 4.74 Å². The fourth-order valence-corrected chi connectivity index (χ4v) is 3.48. The largest absolute Gasteiger partial charge is 0.381 e. The van der Waals surface area contributed by atoms with Gasteiger partial charge in [-0.1, -0.05) is 13.8 Å². The lowest BCUT2D eigenvalue weighted by atomic mass is 9.57. The van der Waals surface area contributed by atoms with E-state index in [4.69, 9.17) is 4.74 Å². The number of hydrogen-bond donors (Lipinski definition) is 1. The van der Waals surface area contributed by atoms with Crippen LogP contribution in [0.2, 0.25) is 0 Å². The standard InChI is InChI=1S/C14H18N2O3/c1-14(2)12(11-7-8-19-13(11)14)15-9-3-5-10(6-4-9)16(17)18/h3-6,11-13,15H,7-8H2,1-2H3. The lowest BCUT2D eigenvalue weighted by Crippen LogP contribution is -2.63. The van der Waals surface area contributed by atoms with E-state index in [1.807, 2.05) is 0 Å². The minimum absolute atomic E-state index is 0.114. The maximum Gasteiger partial charge on any atom is 0.269 e. The van der Waals surface area contributed by atoms with Gasteiger partial charge in [-0.25, -0.2) is 0 Å². The molecule has 1 aliphatic heterocycles. The van der Waals surface area contributed by atoms with Crippen molar-refractivity contribution in [3.05, 3.63) is 34.4 Å². The van der Waals surface area contributed by atoms with Crippen molar-refractivity contribution in [3.8, 4) is 0 Å². The molecule has 1 saturated heterocycles. The van der Waals surface area contributed by atoms with Crippen molar-refractivity contribution in [2.24, 2.45) is 11.3 Å². The Morgan fingerprint density at radius 1 is 1.37 bits per heavy atom. The third-order valence-electron chi connectivity index (χ3n) is 4.50. The van der Waals surface area contributed by atoms with Crippen LogP contribution in [0.5, 0.6) is 0 Å². The molecular weight excluding hydrogens is 244 g/mol. The number of ether oxygens (including phenoxy) is 1. The van der Waals surface area contributed by atoms with Crippen molar-refractivity contribution in [3.63, 3.8) is 0 Å². The molecule has 5 heteroatoms. The van der Waals surface area contributed by atoms with Gasteiger partial charge in [0.25, 0.3) is 5.69 Å². The molecule has 1 aliphatic carbocycles. The minimum atomic E-state index is -0.377. The highest BCUT2D eigenvalue weighted by atomic mass is 16.6. The Balaban J connectivity index is 1.73. The van der Waals surface area contributed by atoms with Gasteiger partial charge in [0.1, 0.15) is 0 Å². The molecule has 5 nitrogen and oxygen atoms in total. The van der Waals surface area contributed by atoms with Crippen molar-refractivity contribution >= 4 is 11.4 Å². The number of nitro groups is 1. The van der Waals surface area contributed by atoms with E-state index < -0.39 is 0 Å². The van der Waals surface area contributed by atoms with E-state index in [2.05, 4.69) is 19.2 Å². The average Bonchev–Trinajstić information content (AvgIpc) is 2.83. The second-order valence-corrected chi connectivity index (χ2v) is 5.99. The van der Waals surface area contributed by atoms with Crippen LogP contribution in [0.3, 0.4) is 0 Å². The summed E-state index contributed by atoms with van der Waals surface area (Å²) in [5, 5.41) is 14.1. The zero-order chi connectivity index (χ0) is 13.6. The molecular formula is C14H18N2O3. The summed E-state index contributed by atoms with van der Waals surface area (Å²) in [5.41, 5.74) is 1.18. The van der Waals surface area contributed by atoms with Gasteiger partial charge in [0, 0.05) is 41.8 Å². The Morgan fingerprint density at radius 3 is 2.68 bits per heavy atom. The molecule has 3 atom stereocenters. The van der Waals surface area contributed by atoms with Crippen LogP contribution < -0.4 is 5.32 Å². The number of fused-ring (bicyclic) bond motifs is 1. The van der Waals surface area contributed by atoms with E-state index in [0.717, 1.165) is 18.7 Å². The molecule has 3 unspecified atom stereocenters. The number of non-ortho nitro benzene ring substituents is 1. The van der Waals surface area contributed by atoms with Gasteiger partial charge >= 0.3 is 0 Å². The van der Waals surface area contributed by atoms with Crippen molar-refractivity contribution in [2.75, 3.05) is 11.9 Å². The summed E-state index contributed by atoms with van der Waals surface area (Å²) in [7, 11) is 0. The van der Waals surface area contributed by atoms with Crippen LogP contribution in [0.25, 0.3) is 0 Å². The molecule has 3 rings (SSSR count). The molecule has 102 valence electrons. The molecule has 1 aromatic rings. The van der Waals surface area contributed by atoms with E-state index in [-0.39, 0.29) is 16.0 Å². The summed E-state index contributed by atoms with van der Waals surface area (Å²) in [6.45, 7) is 5.27. The van der Waals surface area contributed by atoms with Crippen LogP contribution in [-0.4, -0.2) is 23.7 Å². The maximum atomic E-state index is 10.6. The summed E-state index contributed by atoms with van der Waals surface area (Å²) >= 11 is 0. The second-order valence-electron chi connectivity index (χ2n) is 5.99. The Hall–Kier alpha value is -1.62. The molecule has 0 spiro atoms. The van der Waals surface area contributed by atoms with Crippen molar-refractivity contribution < 1.29 is 9.66 Å². The first kappa shape index (κ1) is 12.4. The van der Waals surface area contributed by atoms with Crippen LogP contribution in [0, 0.1) is 21.4 Å². The minimum Gasteiger partial charge on any atom is -0.381 e. The normalized spacial score (nSPS) is 31.4. The molecule has 2 aliphatic rings. The SMILES string of the molecule is CC1(C)C(Nc2ccc([N+](=O)[O-])cc2)C2CCOC21. The topological polar surface area (TPSA) is 64.4 Å². The molecule has 1 saturated carbocycles. The molecule has 1 aromatic carbocycles. The third kappa shape index (κ3) is 1.89. The highest BCUT2D eigenvalue weighted by Crippen LogP contribution is 2.53. The smallest absolute Gasteiger partial charge is 0.269 e. The predicted molar refractivity (Wildman–Crippen MR) is 72.1 cm³/mol. The quantitative estimate of drug-likeness (QED) is 0.672. The molecule has 19 heavy (non-hydrogen) atoms. The lowest BCUT2D eigenvalue weighted by Gasteiger charge is -2.55. The van der Waals surface area contributed by atoms with Crippen LogP contribution in [0.4, 0.5) is 11.4 Å². The molecule has 1 heterocycles.